The maximum atomic E-state index is 9.61. The van der Waals surface area contributed by atoms with Crippen LogP contribution in [-0.4, -0.2) is 42.3 Å². The van der Waals surface area contributed by atoms with E-state index in [0.717, 1.165) is 6.54 Å². The average molecular weight is 262 g/mol. The van der Waals surface area contributed by atoms with Crippen LogP contribution in [0.25, 0.3) is 0 Å². The summed E-state index contributed by atoms with van der Waals surface area (Å²) in [6.45, 7) is 5.92. The molecule has 3 heteroatoms. The summed E-state index contributed by atoms with van der Waals surface area (Å²) < 4.78 is 0. The van der Waals surface area contributed by atoms with Crippen molar-refractivity contribution in [2.75, 3.05) is 26.2 Å². The Hall–Kier alpha value is -0.900. The van der Waals surface area contributed by atoms with Crippen molar-refractivity contribution in [3.8, 4) is 0 Å². The van der Waals surface area contributed by atoms with E-state index in [9.17, 15) is 5.11 Å². The third-order valence-electron chi connectivity index (χ3n) is 4.09. The summed E-state index contributed by atoms with van der Waals surface area (Å²) in [5, 5.41) is 13.2. The molecule has 1 aliphatic rings. The van der Waals surface area contributed by atoms with Gasteiger partial charge in [-0.2, -0.15) is 0 Å². The SMILES string of the molecule is CCN1CCCC(NC(CO)c2ccccc2)CC1. The van der Waals surface area contributed by atoms with Gasteiger partial charge in [-0.3, -0.25) is 0 Å². The molecule has 0 radical (unpaired) electrons. The first-order chi connectivity index (χ1) is 9.33. The molecule has 0 bridgehead atoms. The van der Waals surface area contributed by atoms with E-state index >= 15 is 0 Å². The molecule has 1 aliphatic heterocycles. The molecule has 2 unspecified atom stereocenters. The van der Waals surface area contributed by atoms with Crippen molar-refractivity contribution >= 4 is 0 Å². The summed E-state index contributed by atoms with van der Waals surface area (Å²) in [4.78, 5) is 2.51. The predicted octanol–water partition coefficient (Wildman–Crippen LogP) is 2.18. The number of benzene rings is 1. The minimum atomic E-state index is 0.0689. The fourth-order valence-corrected chi connectivity index (χ4v) is 2.86. The minimum Gasteiger partial charge on any atom is -0.394 e. The third-order valence-corrected chi connectivity index (χ3v) is 4.09. The molecule has 2 N–H and O–H groups in total. The van der Waals surface area contributed by atoms with Crippen molar-refractivity contribution in [3.05, 3.63) is 35.9 Å². The number of hydrogen-bond donors (Lipinski definition) is 2. The summed E-state index contributed by atoms with van der Waals surface area (Å²) in [5.41, 5.74) is 1.18. The van der Waals surface area contributed by atoms with Crippen molar-refractivity contribution in [2.24, 2.45) is 0 Å². The van der Waals surface area contributed by atoms with Crippen LogP contribution in [-0.2, 0) is 0 Å². The van der Waals surface area contributed by atoms with Gasteiger partial charge in [0.05, 0.1) is 12.6 Å². The molecule has 1 aromatic carbocycles. The molecule has 0 aromatic heterocycles. The second-order valence-electron chi connectivity index (χ2n) is 5.37. The minimum absolute atomic E-state index is 0.0689. The zero-order valence-corrected chi connectivity index (χ0v) is 11.9. The normalized spacial score (nSPS) is 22.9. The van der Waals surface area contributed by atoms with Gasteiger partial charge in [0.2, 0.25) is 0 Å². The molecule has 1 fully saturated rings. The van der Waals surface area contributed by atoms with E-state index < -0.39 is 0 Å². The van der Waals surface area contributed by atoms with E-state index in [1.54, 1.807) is 0 Å². The Kier molecular flexibility index (Phi) is 5.83. The van der Waals surface area contributed by atoms with E-state index in [-0.39, 0.29) is 12.6 Å². The first-order valence-corrected chi connectivity index (χ1v) is 7.47. The fourth-order valence-electron chi connectivity index (χ4n) is 2.86. The number of hydrogen-bond acceptors (Lipinski definition) is 3. The molecule has 2 atom stereocenters. The van der Waals surface area contributed by atoms with Gasteiger partial charge in [0, 0.05) is 6.04 Å². The van der Waals surface area contributed by atoms with Crippen LogP contribution in [0.5, 0.6) is 0 Å². The molecule has 2 rings (SSSR count). The average Bonchev–Trinajstić information content (AvgIpc) is 2.70. The quantitative estimate of drug-likeness (QED) is 0.854. The predicted molar refractivity (Wildman–Crippen MR) is 79.2 cm³/mol. The molecule has 0 spiro atoms. The van der Waals surface area contributed by atoms with Crippen LogP contribution in [0.1, 0.15) is 37.8 Å². The Morgan fingerprint density at radius 3 is 2.74 bits per heavy atom. The first kappa shape index (κ1) is 14.5. The number of aliphatic hydroxyl groups is 1. The Balaban J connectivity index is 1.91. The van der Waals surface area contributed by atoms with Gasteiger partial charge in [-0.1, -0.05) is 37.3 Å². The second kappa shape index (κ2) is 7.63. The number of likely N-dealkylation sites (tertiary alicyclic amines) is 1. The topological polar surface area (TPSA) is 35.5 Å². The highest BCUT2D eigenvalue weighted by molar-refractivity contribution is 5.19. The molecule has 1 aromatic rings. The fraction of sp³-hybridized carbons (Fsp3) is 0.625. The lowest BCUT2D eigenvalue weighted by molar-refractivity contribution is 0.227. The summed E-state index contributed by atoms with van der Waals surface area (Å²) in [5.74, 6) is 0. The molecule has 106 valence electrons. The molecule has 0 aliphatic carbocycles. The second-order valence-corrected chi connectivity index (χ2v) is 5.37. The van der Waals surface area contributed by atoms with Gasteiger partial charge in [-0.25, -0.2) is 0 Å². The van der Waals surface area contributed by atoms with Crippen LogP contribution >= 0.6 is 0 Å². The summed E-state index contributed by atoms with van der Waals surface area (Å²) in [6, 6.07) is 10.8. The molecule has 1 saturated heterocycles. The van der Waals surface area contributed by atoms with Crippen LogP contribution in [0.15, 0.2) is 30.3 Å². The molecule has 1 heterocycles. The maximum Gasteiger partial charge on any atom is 0.0626 e. The first-order valence-electron chi connectivity index (χ1n) is 7.47. The van der Waals surface area contributed by atoms with Crippen LogP contribution in [0, 0.1) is 0 Å². The lowest BCUT2D eigenvalue weighted by Gasteiger charge is -2.24. The highest BCUT2D eigenvalue weighted by Crippen LogP contribution is 2.17. The van der Waals surface area contributed by atoms with E-state index in [1.807, 2.05) is 18.2 Å². The number of rotatable bonds is 5. The summed E-state index contributed by atoms with van der Waals surface area (Å²) in [6.07, 6.45) is 3.63. The van der Waals surface area contributed by atoms with Gasteiger partial charge in [0.1, 0.15) is 0 Å². The van der Waals surface area contributed by atoms with Gasteiger partial charge < -0.3 is 15.3 Å². The monoisotopic (exact) mass is 262 g/mol. The van der Waals surface area contributed by atoms with Crippen molar-refractivity contribution in [1.29, 1.82) is 0 Å². The van der Waals surface area contributed by atoms with Crippen molar-refractivity contribution < 1.29 is 5.11 Å². The molecule has 0 amide bonds. The van der Waals surface area contributed by atoms with E-state index in [0.29, 0.717) is 6.04 Å². The van der Waals surface area contributed by atoms with Crippen molar-refractivity contribution in [2.45, 2.75) is 38.3 Å². The number of nitrogens with one attached hydrogen (secondary N) is 1. The lowest BCUT2D eigenvalue weighted by Crippen LogP contribution is -2.35. The van der Waals surface area contributed by atoms with Gasteiger partial charge in [0.15, 0.2) is 0 Å². The molecule has 0 saturated carbocycles. The van der Waals surface area contributed by atoms with Gasteiger partial charge >= 0.3 is 0 Å². The molecule has 3 nitrogen and oxygen atoms in total. The standard InChI is InChI=1S/C16H26N2O/c1-2-18-11-6-9-15(10-12-18)17-16(13-19)14-7-4-3-5-8-14/h3-5,7-8,15-17,19H,2,6,9-13H2,1H3. The van der Waals surface area contributed by atoms with Gasteiger partial charge in [-0.15, -0.1) is 0 Å². The van der Waals surface area contributed by atoms with E-state index in [2.05, 4.69) is 29.3 Å². The number of nitrogens with zero attached hydrogens (tertiary/aromatic N) is 1. The highest BCUT2D eigenvalue weighted by atomic mass is 16.3. The van der Waals surface area contributed by atoms with Gasteiger partial charge in [0.25, 0.3) is 0 Å². The Labute approximate surface area is 116 Å². The van der Waals surface area contributed by atoms with E-state index in [1.165, 1.54) is 37.9 Å². The molecule has 19 heavy (non-hydrogen) atoms. The Morgan fingerprint density at radius 2 is 2.05 bits per heavy atom. The zero-order valence-electron chi connectivity index (χ0n) is 11.9. The summed E-state index contributed by atoms with van der Waals surface area (Å²) in [7, 11) is 0. The maximum absolute atomic E-state index is 9.61. The zero-order chi connectivity index (χ0) is 13.5. The number of aliphatic hydroxyl groups excluding tert-OH is 1. The smallest absolute Gasteiger partial charge is 0.0626 e. The highest BCUT2D eigenvalue weighted by Gasteiger charge is 2.19. The lowest BCUT2D eigenvalue weighted by atomic mass is 10.0. The van der Waals surface area contributed by atoms with Crippen LogP contribution < -0.4 is 5.32 Å². The van der Waals surface area contributed by atoms with Gasteiger partial charge in [-0.05, 0) is 44.5 Å². The van der Waals surface area contributed by atoms with E-state index in [4.69, 9.17) is 0 Å². The Bertz CT molecular complexity index is 355. The van der Waals surface area contributed by atoms with Crippen LogP contribution in [0.2, 0.25) is 0 Å². The Morgan fingerprint density at radius 1 is 1.26 bits per heavy atom. The third kappa shape index (κ3) is 4.30. The summed E-state index contributed by atoms with van der Waals surface area (Å²) >= 11 is 0. The van der Waals surface area contributed by atoms with Crippen LogP contribution in [0.3, 0.4) is 0 Å². The largest absolute Gasteiger partial charge is 0.394 e. The van der Waals surface area contributed by atoms with Crippen molar-refractivity contribution in [1.82, 2.24) is 10.2 Å². The molecular weight excluding hydrogens is 236 g/mol. The molecular formula is C16H26N2O. The van der Waals surface area contributed by atoms with Crippen LogP contribution in [0.4, 0.5) is 0 Å². The van der Waals surface area contributed by atoms with Crippen molar-refractivity contribution in [3.63, 3.8) is 0 Å².